The van der Waals surface area contributed by atoms with Crippen LogP contribution in [0.3, 0.4) is 0 Å². The van der Waals surface area contributed by atoms with Gasteiger partial charge in [0.25, 0.3) is 0 Å². The number of aromatic carboxylic acids is 1. The summed E-state index contributed by atoms with van der Waals surface area (Å²) in [5.41, 5.74) is 3.35. The Kier molecular flexibility index (Phi) is 4.51. The van der Waals surface area contributed by atoms with E-state index >= 15 is 0 Å². The van der Waals surface area contributed by atoms with Crippen LogP contribution in [0.2, 0.25) is 10.0 Å². The highest BCUT2D eigenvalue weighted by Crippen LogP contribution is 2.34. The third-order valence-corrected chi connectivity index (χ3v) is 4.79. The van der Waals surface area contributed by atoms with Gasteiger partial charge in [-0.3, -0.25) is 0 Å². The van der Waals surface area contributed by atoms with E-state index in [4.69, 9.17) is 28.3 Å². The fourth-order valence-corrected chi connectivity index (χ4v) is 3.71. The van der Waals surface area contributed by atoms with E-state index < -0.39 is 5.97 Å². The molecule has 0 radical (unpaired) electrons. The zero-order valence-electron chi connectivity index (χ0n) is 12.7. The van der Waals surface area contributed by atoms with Gasteiger partial charge >= 0.3 is 5.97 Å². The molecule has 0 aromatic heterocycles. The number of halogens is 2. The number of carboxylic acids is 1. The highest BCUT2D eigenvalue weighted by Gasteiger charge is 2.25. The average Bonchev–Trinajstić information content (AvgIpc) is 2.95. The van der Waals surface area contributed by atoms with Crippen LogP contribution < -0.4 is 4.90 Å². The molecule has 3 nitrogen and oxygen atoms in total. The third kappa shape index (κ3) is 3.46. The topological polar surface area (TPSA) is 40.5 Å². The normalized spacial score (nSPS) is 17.5. The zero-order valence-corrected chi connectivity index (χ0v) is 14.2. The molecule has 3 rings (SSSR count). The highest BCUT2D eigenvalue weighted by atomic mass is 35.5. The van der Waals surface area contributed by atoms with Gasteiger partial charge in [0.15, 0.2) is 0 Å². The van der Waals surface area contributed by atoms with Crippen molar-refractivity contribution in [1.29, 1.82) is 0 Å². The van der Waals surface area contributed by atoms with Crippen LogP contribution in [-0.2, 0) is 0 Å². The molecule has 1 unspecified atom stereocenters. The monoisotopic (exact) mass is 349 g/mol. The van der Waals surface area contributed by atoms with Gasteiger partial charge in [0, 0.05) is 34.7 Å². The number of hydrogen-bond acceptors (Lipinski definition) is 2. The molecule has 120 valence electrons. The predicted octanol–water partition coefficient (Wildman–Crippen LogP) is 4.99. The lowest BCUT2D eigenvalue weighted by Crippen LogP contribution is -2.19. The molecule has 1 aliphatic rings. The molecule has 23 heavy (non-hydrogen) atoms. The molecule has 0 bridgehead atoms. The maximum absolute atomic E-state index is 11.1. The molecule has 1 saturated heterocycles. The van der Waals surface area contributed by atoms with Crippen molar-refractivity contribution < 1.29 is 9.90 Å². The van der Waals surface area contributed by atoms with E-state index in [1.54, 1.807) is 12.1 Å². The predicted molar refractivity (Wildman–Crippen MR) is 94.2 cm³/mol. The molecule has 1 N–H and O–H groups in total. The van der Waals surface area contributed by atoms with Crippen molar-refractivity contribution in [3.05, 3.63) is 63.1 Å². The molecule has 1 heterocycles. The molecule has 5 heteroatoms. The lowest BCUT2D eigenvalue weighted by molar-refractivity contribution is 0.0696. The van der Waals surface area contributed by atoms with Gasteiger partial charge in [-0.05, 0) is 60.9 Å². The first-order valence-electron chi connectivity index (χ1n) is 7.49. The van der Waals surface area contributed by atoms with Crippen molar-refractivity contribution >= 4 is 34.9 Å². The van der Waals surface area contributed by atoms with E-state index in [0.717, 1.165) is 36.3 Å². The molecule has 0 saturated carbocycles. The second kappa shape index (κ2) is 6.42. The molecule has 2 aromatic carbocycles. The summed E-state index contributed by atoms with van der Waals surface area (Å²) >= 11 is 12.2. The van der Waals surface area contributed by atoms with E-state index in [0.29, 0.717) is 21.5 Å². The number of rotatable bonds is 3. The lowest BCUT2D eigenvalue weighted by atomic mass is 9.98. The summed E-state index contributed by atoms with van der Waals surface area (Å²) in [5.74, 6) is -0.507. The maximum Gasteiger partial charge on any atom is 0.335 e. The molecule has 0 aliphatic carbocycles. The first-order chi connectivity index (χ1) is 10.9. The lowest BCUT2D eigenvalue weighted by Gasteiger charge is -2.20. The summed E-state index contributed by atoms with van der Waals surface area (Å²) in [6.07, 6.45) is 1.02. The minimum Gasteiger partial charge on any atom is -0.478 e. The van der Waals surface area contributed by atoms with Crippen LogP contribution in [0, 0.1) is 6.92 Å². The van der Waals surface area contributed by atoms with E-state index in [-0.39, 0.29) is 0 Å². The van der Waals surface area contributed by atoms with Crippen molar-refractivity contribution in [2.24, 2.45) is 0 Å². The Balaban J connectivity index is 1.79. The standard InChI is InChI=1S/C18H17Cl2NO2/c1-11-6-16(2-3-17(11)18(22)23)21-5-4-12(10-21)13-7-14(19)9-15(20)8-13/h2-3,6-9,12H,4-5,10H2,1H3,(H,22,23). The Bertz CT molecular complexity index is 740. The molecule has 1 fully saturated rings. The fourth-order valence-electron chi connectivity index (χ4n) is 3.16. The van der Waals surface area contributed by atoms with Gasteiger partial charge in [0.1, 0.15) is 0 Å². The summed E-state index contributed by atoms with van der Waals surface area (Å²) < 4.78 is 0. The Morgan fingerprint density at radius 1 is 1.17 bits per heavy atom. The minimum atomic E-state index is -0.887. The summed E-state index contributed by atoms with van der Waals surface area (Å²) in [7, 11) is 0. The van der Waals surface area contributed by atoms with Gasteiger partial charge < -0.3 is 10.0 Å². The van der Waals surface area contributed by atoms with Crippen LogP contribution in [0.15, 0.2) is 36.4 Å². The fraction of sp³-hybridized carbons (Fsp3) is 0.278. The second-order valence-corrected chi connectivity index (χ2v) is 6.81. The van der Waals surface area contributed by atoms with E-state index in [1.807, 2.05) is 31.2 Å². The number of carboxylic acid groups (broad SMARTS) is 1. The van der Waals surface area contributed by atoms with Crippen molar-refractivity contribution in [1.82, 2.24) is 0 Å². The SMILES string of the molecule is Cc1cc(N2CCC(c3cc(Cl)cc(Cl)c3)C2)ccc1C(=O)O. The molecule has 1 aliphatic heterocycles. The average molecular weight is 350 g/mol. The number of carbonyl (C=O) groups is 1. The largest absolute Gasteiger partial charge is 0.478 e. The summed E-state index contributed by atoms with van der Waals surface area (Å²) in [6, 6.07) is 11.2. The molecule has 0 spiro atoms. The van der Waals surface area contributed by atoms with Gasteiger partial charge in [-0.25, -0.2) is 4.79 Å². The number of benzene rings is 2. The summed E-state index contributed by atoms with van der Waals surface area (Å²) in [4.78, 5) is 13.4. The summed E-state index contributed by atoms with van der Waals surface area (Å²) in [5, 5.41) is 10.4. The molecule has 0 amide bonds. The second-order valence-electron chi connectivity index (χ2n) is 5.94. The van der Waals surface area contributed by atoms with Gasteiger partial charge in [-0.2, -0.15) is 0 Å². The Morgan fingerprint density at radius 2 is 1.87 bits per heavy atom. The zero-order chi connectivity index (χ0) is 16.6. The van der Waals surface area contributed by atoms with Crippen molar-refractivity contribution in [2.75, 3.05) is 18.0 Å². The highest BCUT2D eigenvalue weighted by molar-refractivity contribution is 6.34. The van der Waals surface area contributed by atoms with Crippen molar-refractivity contribution in [3.8, 4) is 0 Å². The van der Waals surface area contributed by atoms with Gasteiger partial charge in [0.2, 0.25) is 0 Å². The summed E-state index contributed by atoms with van der Waals surface area (Å²) in [6.45, 7) is 3.64. The smallest absolute Gasteiger partial charge is 0.335 e. The first kappa shape index (κ1) is 16.2. The van der Waals surface area contributed by atoms with Crippen LogP contribution in [-0.4, -0.2) is 24.2 Å². The van der Waals surface area contributed by atoms with Gasteiger partial charge in [-0.1, -0.05) is 23.2 Å². The number of hydrogen-bond donors (Lipinski definition) is 1. The van der Waals surface area contributed by atoms with Crippen LogP contribution in [0.5, 0.6) is 0 Å². The van der Waals surface area contributed by atoms with Gasteiger partial charge in [-0.15, -0.1) is 0 Å². The minimum absolute atomic E-state index is 0.353. The number of anilines is 1. The Hall–Kier alpha value is -1.71. The number of aryl methyl sites for hydroxylation is 1. The Labute approximate surface area is 145 Å². The van der Waals surface area contributed by atoms with Crippen LogP contribution in [0.25, 0.3) is 0 Å². The molecular weight excluding hydrogens is 333 g/mol. The van der Waals surface area contributed by atoms with Crippen LogP contribution in [0.1, 0.15) is 33.8 Å². The quantitative estimate of drug-likeness (QED) is 0.847. The van der Waals surface area contributed by atoms with E-state index in [2.05, 4.69) is 4.90 Å². The van der Waals surface area contributed by atoms with Crippen LogP contribution >= 0.6 is 23.2 Å². The third-order valence-electron chi connectivity index (χ3n) is 4.35. The first-order valence-corrected chi connectivity index (χ1v) is 8.24. The van der Waals surface area contributed by atoms with Crippen LogP contribution in [0.4, 0.5) is 5.69 Å². The van der Waals surface area contributed by atoms with Crippen molar-refractivity contribution in [2.45, 2.75) is 19.3 Å². The molecular formula is C18H17Cl2NO2. The molecule has 1 atom stereocenters. The van der Waals surface area contributed by atoms with E-state index in [9.17, 15) is 4.79 Å². The maximum atomic E-state index is 11.1. The van der Waals surface area contributed by atoms with E-state index in [1.165, 1.54) is 0 Å². The molecule has 2 aromatic rings. The number of nitrogens with zero attached hydrogens (tertiary/aromatic N) is 1. The Morgan fingerprint density at radius 3 is 2.48 bits per heavy atom. The van der Waals surface area contributed by atoms with Gasteiger partial charge in [0.05, 0.1) is 5.56 Å². The van der Waals surface area contributed by atoms with Crippen molar-refractivity contribution in [3.63, 3.8) is 0 Å².